The number of carbonyl (C=O) groups is 2. The molecule has 462 valence electrons. The van der Waals surface area contributed by atoms with Crippen molar-refractivity contribution in [1.82, 2.24) is 28.2 Å². The van der Waals surface area contributed by atoms with Gasteiger partial charge in [-0.1, -0.05) is 25.5 Å². The van der Waals surface area contributed by atoms with Crippen LogP contribution in [0.25, 0.3) is 26.4 Å². The first-order valence-corrected chi connectivity index (χ1v) is 28.6. The van der Waals surface area contributed by atoms with E-state index in [0.29, 0.717) is 46.1 Å². The number of rotatable bonds is 25. The summed E-state index contributed by atoms with van der Waals surface area (Å²) in [5, 5.41) is 23.1. The maximum atomic E-state index is 11.0. The number of aromatic nitrogens is 5. The third-order valence-corrected chi connectivity index (χ3v) is 9.13. The normalized spacial score (nSPS) is 11.6. The van der Waals surface area contributed by atoms with Gasteiger partial charge in [-0.3, -0.25) is 18.7 Å². The van der Waals surface area contributed by atoms with E-state index in [1.54, 1.807) is 28.4 Å². The standard InChI is InChI=1S/C10H16N2O2.C9H15NO4S.C8H12N4O.C8H14N2O.C8H13NO2.C4H8.C2H4O2.CH3ClO2S.CH4.N3.Na/c1-9(13)11-10(8-14-2)7-12-5-3-4-6-12;1-13-8-9(14-15(2,11)12)7-10-5-3-4-6-10;1-13-7-8(10-11-9)6-12-4-2-3-5-12;1-11-7-8(9)6-10-4-2-3-5-10;1-11-7-8(10)6-9-4-2-3-5-9;1-3-4-2;1-2(3)4;1-5(2,3)4;;1-3-2;/h3-6,10H,7-8H2,1-2H3,(H,11,13);3-6,9H,7-8H2,1-2H3;2-5,8H,6-7H2,1H3;2-5,8H,6-7,9H2,1H3;2-5,8,10H,6-7H2,1H3;3H,1,4H2,2H3;1H3,(H,3,4);1H3;1H4;;/q;;;;;;;;;-1;+1/t10-;9-;3*8-;;;;;;/m10110....../s1. The number of halogens is 1. The third kappa shape index (κ3) is 67.1. The number of hydrogen-bond donors (Lipinski definition) is 4. The number of nitrogens with one attached hydrogen (secondary N) is 1. The Morgan fingerprint density at radius 3 is 1.28 bits per heavy atom. The number of azide groups is 1. The second-order valence-electron chi connectivity index (χ2n) is 16.3. The smallest absolute Gasteiger partial charge is 0.481 e. The van der Waals surface area contributed by atoms with Gasteiger partial charge in [0, 0.05) is 153 Å². The summed E-state index contributed by atoms with van der Waals surface area (Å²) in [5.41, 5.74) is 27.5. The molecule has 0 aromatic carbocycles. The van der Waals surface area contributed by atoms with Gasteiger partial charge in [-0.05, 0) is 72.6 Å². The van der Waals surface area contributed by atoms with Crippen molar-refractivity contribution >= 4 is 41.7 Å². The Kier molecular flexibility index (Phi) is 62.9. The number of hydrogen-bond acceptors (Lipinski definition) is 15. The predicted octanol–water partition coefficient (Wildman–Crippen LogP) is 4.25. The molecule has 5 aromatic rings. The number of aliphatic carboxylic acids is 1. The molecule has 0 aliphatic rings. The number of ether oxygens (including phenoxy) is 5. The van der Waals surface area contributed by atoms with Gasteiger partial charge in [-0.2, -0.15) is 8.42 Å². The van der Waals surface area contributed by atoms with Crippen LogP contribution >= 0.6 is 10.7 Å². The molecule has 0 radical (unpaired) electrons. The number of methoxy groups -OCH3 is 5. The Hall–Kier alpha value is -5.43. The zero-order valence-corrected chi connectivity index (χ0v) is 52.9. The Morgan fingerprint density at radius 1 is 0.659 bits per heavy atom. The molecule has 5 rings (SSSR count). The Labute approximate surface area is 512 Å². The molecular formula is C51H89ClN13NaO14S2. The number of carbonyl (C=O) groups excluding carboxylic acids is 1. The van der Waals surface area contributed by atoms with E-state index in [-0.39, 0.29) is 67.6 Å². The van der Waals surface area contributed by atoms with Gasteiger partial charge in [0.25, 0.3) is 16.1 Å². The van der Waals surface area contributed by atoms with Gasteiger partial charge >= 0.3 is 29.6 Å². The first-order chi connectivity index (χ1) is 37.8. The van der Waals surface area contributed by atoms with Gasteiger partial charge in [-0.15, -0.1) is 6.58 Å². The first-order valence-electron chi connectivity index (χ1n) is 24.1. The van der Waals surface area contributed by atoms with E-state index < -0.39 is 37.3 Å². The largest absolute Gasteiger partial charge is 1.00 e. The third-order valence-electron chi connectivity index (χ3n) is 8.51. The SMILES string of the molecule is C.C=CCC.CC(=O)O.COC[C@@H](Cn1cccc1)N=[N+]=[N-].COC[C@@H](Cn1cccc1)NC(C)=O.COC[C@@H](O)Cn1cccc1.COC[C@H](Cn1cccc1)OS(C)(=O)=O.COC[C@H](N)Cn1cccc1.CS(=O)(=O)Cl.[N-]=[N+]=[N-].[Na+]. The molecule has 0 fully saturated rings. The van der Waals surface area contributed by atoms with Crippen molar-refractivity contribution in [2.24, 2.45) is 10.8 Å². The van der Waals surface area contributed by atoms with E-state index in [4.69, 9.17) is 60.1 Å². The number of carboxylic acid groups (broad SMARTS) is 1. The number of nitrogens with two attached hydrogens (primary N) is 1. The van der Waals surface area contributed by atoms with E-state index in [2.05, 4.69) is 39.5 Å². The van der Waals surface area contributed by atoms with Crippen LogP contribution in [0.4, 0.5) is 0 Å². The number of amides is 1. The molecule has 0 aliphatic heterocycles. The van der Waals surface area contributed by atoms with Gasteiger partial charge in [0.2, 0.25) is 15.0 Å². The zero-order valence-electron chi connectivity index (χ0n) is 48.5. The van der Waals surface area contributed by atoms with Gasteiger partial charge < -0.3 is 78.8 Å². The predicted molar refractivity (Wildman–Crippen MR) is 317 cm³/mol. The molecule has 5 atom stereocenters. The van der Waals surface area contributed by atoms with Gasteiger partial charge in [0.05, 0.1) is 76.8 Å². The van der Waals surface area contributed by atoms with E-state index >= 15 is 0 Å². The molecular weight excluding hydrogens is 1140 g/mol. The van der Waals surface area contributed by atoms with E-state index in [1.807, 2.05) is 152 Å². The molecule has 0 bridgehead atoms. The molecule has 5 N–H and O–H groups in total. The first kappa shape index (κ1) is 87.8. The summed E-state index contributed by atoms with van der Waals surface area (Å²) in [4.78, 5) is 24.1. The summed E-state index contributed by atoms with van der Waals surface area (Å²) >= 11 is 0. The molecule has 31 heteroatoms. The van der Waals surface area contributed by atoms with Crippen LogP contribution in [0.2, 0.25) is 0 Å². The summed E-state index contributed by atoms with van der Waals surface area (Å²) in [6, 6.07) is 19.3. The van der Waals surface area contributed by atoms with Crippen molar-refractivity contribution in [3.63, 3.8) is 0 Å². The second-order valence-corrected chi connectivity index (χ2v) is 20.9. The summed E-state index contributed by atoms with van der Waals surface area (Å²) in [5.74, 6) is -0.862. The van der Waals surface area contributed by atoms with Gasteiger partial charge in [-0.25, -0.2) is 8.42 Å². The van der Waals surface area contributed by atoms with Crippen LogP contribution in [0.3, 0.4) is 0 Å². The van der Waals surface area contributed by atoms with E-state index in [1.165, 1.54) is 18.9 Å². The molecule has 0 unspecified atom stereocenters. The minimum Gasteiger partial charge on any atom is -0.481 e. The molecule has 0 aliphatic carbocycles. The van der Waals surface area contributed by atoms with E-state index in [0.717, 1.165) is 38.9 Å². The van der Waals surface area contributed by atoms with Crippen LogP contribution in [0.5, 0.6) is 0 Å². The van der Waals surface area contributed by atoms with Crippen molar-refractivity contribution in [1.29, 1.82) is 0 Å². The fourth-order valence-corrected chi connectivity index (χ4v) is 6.39. The van der Waals surface area contributed by atoms with Crippen molar-refractivity contribution in [3.05, 3.63) is 162 Å². The van der Waals surface area contributed by atoms with Crippen LogP contribution in [0.1, 0.15) is 34.6 Å². The second kappa shape index (κ2) is 58.8. The molecule has 5 heterocycles. The molecule has 0 saturated carbocycles. The van der Waals surface area contributed by atoms with Gasteiger partial charge in [0.15, 0.2) is 0 Å². The molecule has 5 aromatic heterocycles. The van der Waals surface area contributed by atoms with Crippen LogP contribution in [-0.4, -0.2) is 173 Å². The summed E-state index contributed by atoms with van der Waals surface area (Å²) in [7, 11) is 5.84. The van der Waals surface area contributed by atoms with Crippen molar-refractivity contribution in [2.45, 2.75) is 97.7 Å². The fraction of sp³-hybridized carbons (Fsp3) is 0.529. The Bertz CT molecular complexity index is 2430. The van der Waals surface area contributed by atoms with Crippen LogP contribution in [0, 0.1) is 0 Å². The van der Waals surface area contributed by atoms with Crippen LogP contribution in [0.15, 0.2) is 140 Å². The van der Waals surface area contributed by atoms with Crippen LogP contribution < -0.4 is 40.6 Å². The molecule has 0 spiro atoms. The Morgan fingerprint density at radius 2 is 0.976 bits per heavy atom. The quantitative estimate of drug-likeness (QED) is 0.0121. The summed E-state index contributed by atoms with van der Waals surface area (Å²) < 4.78 is 79.9. The molecule has 82 heavy (non-hydrogen) atoms. The van der Waals surface area contributed by atoms with Crippen molar-refractivity contribution < 1.29 is 94.1 Å². The summed E-state index contributed by atoms with van der Waals surface area (Å²) in [6.45, 7) is 13.6. The fourth-order valence-electron chi connectivity index (χ4n) is 5.78. The number of aliphatic hydroxyl groups excluding tert-OH is 1. The van der Waals surface area contributed by atoms with Crippen molar-refractivity contribution in [3.8, 4) is 0 Å². The maximum absolute atomic E-state index is 11.0. The average Bonchev–Trinajstić information content (AvgIpc) is 4.23. The minimum atomic E-state index is -3.44. The number of carboxylic acids is 1. The molecule has 1 amide bonds. The number of allylic oxidation sites excluding steroid dienone is 1. The Balaban J connectivity index is -0.000000206. The van der Waals surface area contributed by atoms with Gasteiger partial charge in [0.1, 0.15) is 6.10 Å². The number of aliphatic hydroxyl groups is 1. The van der Waals surface area contributed by atoms with E-state index in [9.17, 15) is 26.7 Å². The zero-order chi connectivity index (χ0) is 61.6. The molecule has 27 nitrogen and oxygen atoms in total. The average molecular weight is 1230 g/mol. The maximum Gasteiger partial charge on any atom is 1.00 e. The molecule has 0 saturated heterocycles. The monoisotopic (exact) mass is 1230 g/mol. The van der Waals surface area contributed by atoms with Crippen molar-refractivity contribution in [2.75, 3.05) is 81.1 Å². The number of nitrogens with zero attached hydrogens (tertiary/aromatic N) is 11. The van der Waals surface area contributed by atoms with Crippen LogP contribution in [-0.2, 0) is 89.3 Å². The summed E-state index contributed by atoms with van der Waals surface area (Å²) in [6.07, 6.45) is 23.3. The topological polar surface area (TPSA) is 368 Å². The minimum absolute atomic E-state index is 0.